The number of rotatable bonds is 0. The van der Waals surface area contributed by atoms with Crippen LogP contribution >= 0.6 is 0 Å². The van der Waals surface area contributed by atoms with Gasteiger partial charge in [-0.05, 0) is 34.6 Å². The molecule has 0 rings (SSSR count). The summed E-state index contributed by atoms with van der Waals surface area (Å²) in [7, 11) is 0. The minimum atomic E-state index is -0.167. The largest absolute Gasteiger partial charge is 0.412 e. The SMILES string of the molecule is CC(C)O.CCO.CCO.CCO.N.O.[AlH3]. The second-order valence-corrected chi connectivity index (χ2v) is 2.04. The molecule has 0 heterocycles. The van der Waals surface area contributed by atoms with Crippen molar-refractivity contribution in [2.24, 2.45) is 0 Å². The summed E-state index contributed by atoms with van der Waals surface area (Å²) in [6, 6.07) is 0. The highest BCUT2D eigenvalue weighted by Gasteiger charge is 1.69. The van der Waals surface area contributed by atoms with Gasteiger partial charge < -0.3 is 32.1 Å². The summed E-state index contributed by atoms with van der Waals surface area (Å²) in [5.74, 6) is 0. The van der Waals surface area contributed by atoms with Crippen LogP contribution in [0.5, 0.6) is 0 Å². The van der Waals surface area contributed by atoms with Gasteiger partial charge in [0.1, 0.15) is 0 Å². The van der Waals surface area contributed by atoms with Gasteiger partial charge in [-0.25, -0.2) is 0 Å². The summed E-state index contributed by atoms with van der Waals surface area (Å²) >= 11 is 0. The Bertz CT molecular complexity index is 45.4. The average Bonchev–Trinajstić information content (AvgIpc) is 1.88. The molecule has 0 atom stereocenters. The number of aliphatic hydroxyl groups is 4. The van der Waals surface area contributed by atoms with Gasteiger partial charge in [0, 0.05) is 25.9 Å². The van der Waals surface area contributed by atoms with Crippen LogP contribution in [0.1, 0.15) is 34.6 Å². The average molecular weight is 263 g/mol. The van der Waals surface area contributed by atoms with E-state index in [-0.39, 0.29) is 54.9 Å². The van der Waals surface area contributed by atoms with E-state index >= 15 is 0 Å². The van der Waals surface area contributed by atoms with Gasteiger partial charge in [0.05, 0.1) is 0 Å². The van der Waals surface area contributed by atoms with Crippen LogP contribution in [0, 0.1) is 0 Å². The fourth-order valence-electron chi connectivity index (χ4n) is 0. The van der Waals surface area contributed by atoms with Crippen molar-refractivity contribution in [3.63, 3.8) is 0 Å². The first-order valence-electron chi connectivity index (χ1n) is 4.48. The van der Waals surface area contributed by atoms with Crippen molar-refractivity contribution in [1.29, 1.82) is 0 Å². The van der Waals surface area contributed by atoms with Gasteiger partial charge >= 0.3 is 0 Å². The molecule has 0 fully saturated rings. The lowest BCUT2D eigenvalue weighted by Gasteiger charge is -1.80. The molecule has 0 unspecified atom stereocenters. The summed E-state index contributed by atoms with van der Waals surface area (Å²) in [4.78, 5) is 0. The zero-order valence-corrected chi connectivity index (χ0v) is 10.7. The fraction of sp³-hybridized carbons (Fsp3) is 1.00. The van der Waals surface area contributed by atoms with Crippen LogP contribution in [-0.2, 0) is 0 Å². The van der Waals surface area contributed by atoms with Gasteiger partial charge in [0.15, 0.2) is 17.4 Å². The third kappa shape index (κ3) is 29500. The smallest absolute Gasteiger partial charge is 0.187 e. The molecule has 0 bridgehead atoms. The molecular weight excluding hydrogens is 229 g/mol. The second-order valence-electron chi connectivity index (χ2n) is 2.04. The van der Waals surface area contributed by atoms with Gasteiger partial charge in [0.2, 0.25) is 0 Å². The number of aliphatic hydroxyl groups excluding tert-OH is 4. The summed E-state index contributed by atoms with van der Waals surface area (Å²) in [6.07, 6.45) is -0.167. The molecule has 6 nitrogen and oxygen atoms in total. The molecule has 0 aliphatic rings. The van der Waals surface area contributed by atoms with Crippen LogP contribution in [0.3, 0.4) is 0 Å². The van der Waals surface area contributed by atoms with Crippen molar-refractivity contribution in [3.8, 4) is 0 Å². The van der Waals surface area contributed by atoms with E-state index in [0.29, 0.717) is 0 Å². The first kappa shape index (κ1) is 44.1. The van der Waals surface area contributed by atoms with Crippen LogP contribution in [0.4, 0.5) is 0 Å². The van der Waals surface area contributed by atoms with E-state index in [1.54, 1.807) is 34.6 Å². The fourth-order valence-corrected chi connectivity index (χ4v) is 0. The summed E-state index contributed by atoms with van der Waals surface area (Å²) in [6.45, 7) is 9.24. The monoisotopic (exact) mass is 263 g/mol. The lowest BCUT2D eigenvalue weighted by atomic mass is 10.5. The van der Waals surface area contributed by atoms with Crippen LogP contribution in [0.2, 0.25) is 0 Å². The minimum Gasteiger partial charge on any atom is -0.412 e. The van der Waals surface area contributed by atoms with E-state index in [9.17, 15) is 0 Å². The molecule has 9 N–H and O–H groups in total. The van der Waals surface area contributed by atoms with E-state index in [0.717, 1.165) is 0 Å². The van der Waals surface area contributed by atoms with Crippen molar-refractivity contribution in [2.75, 3.05) is 19.8 Å². The van der Waals surface area contributed by atoms with Gasteiger partial charge in [-0.15, -0.1) is 0 Å². The van der Waals surface area contributed by atoms with Gasteiger partial charge in [0.25, 0.3) is 0 Å². The van der Waals surface area contributed by atoms with E-state index in [2.05, 4.69) is 0 Å². The number of hydrogen-bond acceptors (Lipinski definition) is 5. The Labute approximate surface area is 110 Å². The minimum absolute atomic E-state index is 0. The third-order valence-electron chi connectivity index (χ3n) is 0. The molecule has 0 spiro atoms. The topological polar surface area (TPSA) is 147 Å². The molecule has 108 valence electrons. The molecule has 0 saturated heterocycles. The molecule has 0 aromatic heterocycles. The first-order valence-corrected chi connectivity index (χ1v) is 4.48. The highest BCUT2D eigenvalue weighted by Crippen LogP contribution is 1.65. The Morgan fingerprint density at radius 1 is 0.812 bits per heavy atom. The van der Waals surface area contributed by atoms with Crippen molar-refractivity contribution in [2.45, 2.75) is 40.7 Å². The highest BCUT2D eigenvalue weighted by atomic mass is 27.0. The summed E-state index contributed by atoms with van der Waals surface area (Å²) in [5, 5.41) is 30.8. The Balaban J connectivity index is -0.0000000128. The maximum absolute atomic E-state index is 8.06. The van der Waals surface area contributed by atoms with Crippen molar-refractivity contribution in [3.05, 3.63) is 0 Å². The van der Waals surface area contributed by atoms with Crippen molar-refractivity contribution in [1.82, 2.24) is 6.15 Å². The zero-order chi connectivity index (χ0) is 11.7. The predicted molar refractivity (Wildman–Crippen MR) is 74.2 cm³/mol. The van der Waals surface area contributed by atoms with Gasteiger partial charge in [-0.3, -0.25) is 0 Å². The molecule has 0 aromatic carbocycles. The van der Waals surface area contributed by atoms with Crippen molar-refractivity contribution < 1.29 is 25.9 Å². The Morgan fingerprint density at radius 2 is 0.812 bits per heavy atom. The predicted octanol–water partition coefficient (Wildman–Crippen LogP) is -1.46. The van der Waals surface area contributed by atoms with E-state index in [1.807, 2.05) is 0 Å². The maximum Gasteiger partial charge on any atom is 0.187 e. The Kier molecular flexibility index (Phi) is 218. The van der Waals surface area contributed by atoms with Gasteiger partial charge in [-0.2, -0.15) is 0 Å². The van der Waals surface area contributed by atoms with Gasteiger partial charge in [-0.1, -0.05) is 0 Å². The lowest BCUT2D eigenvalue weighted by molar-refractivity contribution is 0.216. The lowest BCUT2D eigenvalue weighted by Crippen LogP contribution is -1.85. The molecule has 0 aliphatic heterocycles. The normalized spacial score (nSPS) is 5.62. The zero-order valence-electron chi connectivity index (χ0n) is 10.7. The molecule has 0 aliphatic carbocycles. The molecule has 0 saturated carbocycles. The molecular formula is C9H34AlNO5. The molecule has 16 heavy (non-hydrogen) atoms. The molecule has 7 heteroatoms. The van der Waals surface area contributed by atoms with E-state index in [1.165, 1.54) is 0 Å². The van der Waals surface area contributed by atoms with Crippen LogP contribution in [0.25, 0.3) is 0 Å². The van der Waals surface area contributed by atoms with E-state index < -0.39 is 0 Å². The summed E-state index contributed by atoms with van der Waals surface area (Å²) < 4.78 is 0. The number of hydrogen-bond donors (Lipinski definition) is 5. The van der Waals surface area contributed by atoms with E-state index in [4.69, 9.17) is 20.4 Å². The second kappa shape index (κ2) is 78.9. The van der Waals surface area contributed by atoms with Crippen LogP contribution in [-0.4, -0.2) is 69.2 Å². The maximum atomic E-state index is 8.06. The Morgan fingerprint density at radius 3 is 0.812 bits per heavy atom. The standard InChI is InChI=1S/C3H8O.3C2H6O.Al.H3N.H2O.3H/c1-3(2)4;3*1-2-3;;;;;;/h3-4H,1-2H3;3*3H,2H2,1H3;;1H3;1H2;;;. The van der Waals surface area contributed by atoms with Crippen LogP contribution < -0.4 is 6.15 Å². The highest BCUT2D eigenvalue weighted by molar-refractivity contribution is 5.75. The molecule has 0 aromatic rings. The quantitative estimate of drug-likeness (QED) is 0.339. The Hall–Kier alpha value is 0.292. The molecule has 0 radical (unpaired) electrons. The van der Waals surface area contributed by atoms with Crippen molar-refractivity contribution >= 4 is 17.4 Å². The third-order valence-corrected chi connectivity index (χ3v) is 0. The van der Waals surface area contributed by atoms with Crippen LogP contribution in [0.15, 0.2) is 0 Å². The summed E-state index contributed by atoms with van der Waals surface area (Å²) in [5.41, 5.74) is 0. The molecule has 0 amide bonds. The first-order chi connectivity index (χ1) is 5.97.